The Hall–Kier alpha value is -3.25. The summed E-state index contributed by atoms with van der Waals surface area (Å²) in [6.07, 6.45) is 3.27. The lowest BCUT2D eigenvalue weighted by molar-refractivity contribution is -0.136. The molecule has 0 aliphatic carbocycles. The Balaban J connectivity index is 1.57. The van der Waals surface area contributed by atoms with Gasteiger partial charge in [-0.3, -0.25) is 9.59 Å². The van der Waals surface area contributed by atoms with Gasteiger partial charge in [0.2, 0.25) is 0 Å². The molecule has 3 rings (SSSR count). The van der Waals surface area contributed by atoms with Crippen molar-refractivity contribution in [2.45, 2.75) is 6.54 Å². The third-order valence-electron chi connectivity index (χ3n) is 3.88. The van der Waals surface area contributed by atoms with Crippen molar-refractivity contribution >= 4 is 29.1 Å². The van der Waals surface area contributed by atoms with Crippen molar-refractivity contribution in [3.63, 3.8) is 0 Å². The first-order valence-corrected chi connectivity index (χ1v) is 8.49. The van der Waals surface area contributed by atoms with Crippen molar-refractivity contribution in [1.82, 2.24) is 5.32 Å². The number of methoxy groups -OCH3 is 1. The number of nitrogens with one attached hydrogen (secondary N) is 2. The van der Waals surface area contributed by atoms with Crippen LogP contribution in [0.2, 0.25) is 5.02 Å². The molecular weight excluding hydrogens is 368 g/mol. The molecule has 138 valence electrons. The highest BCUT2D eigenvalue weighted by Gasteiger charge is 2.16. The van der Waals surface area contributed by atoms with Crippen molar-refractivity contribution in [3.8, 4) is 16.9 Å². The molecule has 2 N–H and O–H groups in total. The van der Waals surface area contributed by atoms with Crippen LogP contribution in [-0.4, -0.2) is 18.9 Å². The van der Waals surface area contributed by atoms with Crippen LogP contribution in [0.1, 0.15) is 5.56 Å². The van der Waals surface area contributed by atoms with Crippen LogP contribution < -0.4 is 15.4 Å². The number of halogens is 1. The standard InChI is InChI=1S/C20H17ClN2O4/c1-26-18-7-6-16(21)10-17(18)23-20(25)19(24)22-11-13-2-4-14(5-3-13)15-8-9-27-12-15/h2-10,12H,11H2,1H3,(H,22,24)(H,23,25). The molecule has 0 atom stereocenters. The summed E-state index contributed by atoms with van der Waals surface area (Å²) in [5, 5.41) is 5.50. The highest BCUT2D eigenvalue weighted by Crippen LogP contribution is 2.27. The van der Waals surface area contributed by atoms with E-state index in [2.05, 4.69) is 10.6 Å². The number of hydrogen-bond donors (Lipinski definition) is 2. The van der Waals surface area contributed by atoms with E-state index in [1.54, 1.807) is 24.7 Å². The van der Waals surface area contributed by atoms with Crippen LogP contribution in [0.15, 0.2) is 65.5 Å². The topological polar surface area (TPSA) is 80.6 Å². The van der Waals surface area contributed by atoms with Gasteiger partial charge in [-0.15, -0.1) is 0 Å². The quantitative estimate of drug-likeness (QED) is 0.654. The van der Waals surface area contributed by atoms with E-state index in [1.165, 1.54) is 13.2 Å². The summed E-state index contributed by atoms with van der Waals surface area (Å²) in [6.45, 7) is 0.227. The lowest BCUT2D eigenvalue weighted by Gasteiger charge is -2.11. The van der Waals surface area contributed by atoms with Gasteiger partial charge in [-0.1, -0.05) is 35.9 Å². The summed E-state index contributed by atoms with van der Waals surface area (Å²) in [7, 11) is 1.46. The fourth-order valence-corrected chi connectivity index (χ4v) is 2.64. The molecule has 0 saturated carbocycles. The van der Waals surface area contributed by atoms with E-state index in [4.69, 9.17) is 20.8 Å². The Labute approximate surface area is 161 Å². The second-order valence-corrected chi connectivity index (χ2v) is 6.13. The van der Waals surface area contributed by atoms with Crippen LogP contribution in [0.4, 0.5) is 5.69 Å². The largest absolute Gasteiger partial charge is 0.495 e. The fourth-order valence-electron chi connectivity index (χ4n) is 2.46. The van der Waals surface area contributed by atoms with Gasteiger partial charge in [0.05, 0.1) is 25.3 Å². The molecule has 0 unspecified atom stereocenters. The van der Waals surface area contributed by atoms with Crippen LogP contribution in [0.3, 0.4) is 0 Å². The normalized spacial score (nSPS) is 10.3. The molecule has 6 nitrogen and oxygen atoms in total. The smallest absolute Gasteiger partial charge is 0.313 e. The number of benzene rings is 2. The monoisotopic (exact) mass is 384 g/mol. The molecule has 1 aromatic heterocycles. The van der Waals surface area contributed by atoms with Crippen LogP contribution in [0.25, 0.3) is 11.1 Å². The van der Waals surface area contributed by atoms with E-state index in [9.17, 15) is 9.59 Å². The van der Waals surface area contributed by atoms with E-state index >= 15 is 0 Å². The number of anilines is 1. The molecule has 0 aliphatic rings. The maximum absolute atomic E-state index is 12.1. The summed E-state index contributed by atoms with van der Waals surface area (Å²) >= 11 is 5.91. The van der Waals surface area contributed by atoms with Gasteiger partial charge < -0.3 is 19.8 Å². The van der Waals surface area contributed by atoms with Crippen LogP contribution in [0, 0.1) is 0 Å². The molecule has 3 aromatic rings. The number of hydrogen-bond acceptors (Lipinski definition) is 4. The average molecular weight is 385 g/mol. The zero-order chi connectivity index (χ0) is 19.2. The second-order valence-electron chi connectivity index (χ2n) is 5.69. The number of amides is 2. The molecule has 0 radical (unpaired) electrons. The van der Waals surface area contributed by atoms with Crippen LogP contribution in [-0.2, 0) is 16.1 Å². The van der Waals surface area contributed by atoms with Crippen molar-refractivity contribution in [3.05, 3.63) is 71.6 Å². The Morgan fingerprint density at radius 2 is 1.81 bits per heavy atom. The van der Waals surface area contributed by atoms with Crippen LogP contribution in [0.5, 0.6) is 5.75 Å². The lowest BCUT2D eigenvalue weighted by Crippen LogP contribution is -2.35. The Kier molecular flexibility index (Phi) is 5.78. The van der Waals surface area contributed by atoms with Crippen LogP contribution >= 0.6 is 11.6 Å². The molecule has 0 saturated heterocycles. The maximum atomic E-state index is 12.1. The summed E-state index contributed by atoms with van der Waals surface area (Å²) in [5.41, 5.74) is 3.17. The first-order valence-electron chi connectivity index (χ1n) is 8.11. The SMILES string of the molecule is COc1ccc(Cl)cc1NC(=O)C(=O)NCc1ccc(-c2ccoc2)cc1. The third kappa shape index (κ3) is 4.68. The first-order chi connectivity index (χ1) is 13.1. The van der Waals surface area contributed by atoms with Gasteiger partial charge in [0.15, 0.2) is 0 Å². The van der Waals surface area contributed by atoms with Crippen molar-refractivity contribution < 1.29 is 18.7 Å². The number of carbonyl (C=O) groups excluding carboxylic acids is 2. The molecule has 27 heavy (non-hydrogen) atoms. The highest BCUT2D eigenvalue weighted by atomic mass is 35.5. The minimum absolute atomic E-state index is 0.227. The summed E-state index contributed by atoms with van der Waals surface area (Å²) < 4.78 is 10.2. The van der Waals surface area contributed by atoms with Crippen molar-refractivity contribution in [1.29, 1.82) is 0 Å². The predicted molar refractivity (Wildman–Crippen MR) is 103 cm³/mol. The van der Waals surface area contributed by atoms with Gasteiger partial charge in [-0.25, -0.2) is 0 Å². The van der Waals surface area contributed by atoms with Gasteiger partial charge in [-0.05, 0) is 35.4 Å². The van der Waals surface area contributed by atoms with E-state index < -0.39 is 11.8 Å². The van der Waals surface area contributed by atoms with Gasteiger partial charge in [0.25, 0.3) is 0 Å². The number of furan rings is 1. The zero-order valence-corrected chi connectivity index (χ0v) is 15.2. The van der Waals surface area contributed by atoms with Crippen molar-refractivity contribution in [2.24, 2.45) is 0 Å². The van der Waals surface area contributed by atoms with E-state index in [-0.39, 0.29) is 6.54 Å². The number of rotatable bonds is 5. The number of carbonyl (C=O) groups is 2. The third-order valence-corrected chi connectivity index (χ3v) is 4.11. The molecule has 7 heteroatoms. The molecule has 0 spiro atoms. The van der Waals surface area contributed by atoms with Crippen molar-refractivity contribution in [2.75, 3.05) is 12.4 Å². The zero-order valence-electron chi connectivity index (χ0n) is 14.5. The molecular formula is C20H17ClN2O4. The maximum Gasteiger partial charge on any atom is 0.313 e. The average Bonchev–Trinajstić information content (AvgIpc) is 3.21. The Morgan fingerprint density at radius 1 is 1.04 bits per heavy atom. The molecule has 2 amide bonds. The van der Waals surface area contributed by atoms with E-state index in [0.717, 1.165) is 16.7 Å². The Bertz CT molecular complexity index is 937. The van der Waals surface area contributed by atoms with E-state index in [0.29, 0.717) is 16.5 Å². The fraction of sp³-hybridized carbons (Fsp3) is 0.100. The van der Waals surface area contributed by atoms with Gasteiger partial charge in [-0.2, -0.15) is 0 Å². The first kappa shape index (κ1) is 18.5. The van der Waals surface area contributed by atoms with E-state index in [1.807, 2.05) is 30.3 Å². The summed E-state index contributed by atoms with van der Waals surface area (Å²) in [5.74, 6) is -1.14. The lowest BCUT2D eigenvalue weighted by atomic mass is 10.1. The van der Waals surface area contributed by atoms with Gasteiger partial charge in [0, 0.05) is 17.1 Å². The number of ether oxygens (including phenoxy) is 1. The summed E-state index contributed by atoms with van der Waals surface area (Å²) in [6, 6.07) is 14.2. The molecule has 0 bridgehead atoms. The Morgan fingerprint density at radius 3 is 2.48 bits per heavy atom. The predicted octanol–water partition coefficient (Wildman–Crippen LogP) is 3.86. The minimum atomic E-state index is -0.800. The molecule has 1 heterocycles. The van der Waals surface area contributed by atoms with Gasteiger partial charge >= 0.3 is 11.8 Å². The highest BCUT2D eigenvalue weighted by molar-refractivity contribution is 6.40. The molecule has 0 aliphatic heterocycles. The molecule has 0 fully saturated rings. The van der Waals surface area contributed by atoms with Gasteiger partial charge in [0.1, 0.15) is 5.75 Å². The minimum Gasteiger partial charge on any atom is -0.495 e. The molecule has 2 aromatic carbocycles. The summed E-state index contributed by atoms with van der Waals surface area (Å²) in [4.78, 5) is 24.1. The second kappa shape index (κ2) is 8.42.